The summed E-state index contributed by atoms with van der Waals surface area (Å²) in [5.41, 5.74) is 2.05. The van der Waals surface area contributed by atoms with Crippen LogP contribution in [0.15, 0.2) is 236 Å². The van der Waals surface area contributed by atoms with Gasteiger partial charge in [0.05, 0.1) is 61.9 Å². The fraction of sp³-hybridized carbons (Fsp3) is 0. The minimum atomic E-state index is -0.789. The Labute approximate surface area is 394 Å². The molecule has 0 spiro atoms. The average Bonchev–Trinajstić information content (AvgIpc) is 1.69. The van der Waals surface area contributed by atoms with E-state index in [4.69, 9.17) is 16.4 Å². The van der Waals surface area contributed by atoms with Gasteiger partial charge in [-0.15, -0.1) is 0 Å². The van der Waals surface area contributed by atoms with Crippen molar-refractivity contribution in [2.45, 2.75) is 0 Å². The van der Waals surface area contributed by atoms with Crippen molar-refractivity contribution in [3.63, 3.8) is 0 Å². The van der Waals surface area contributed by atoms with Crippen LogP contribution in [0.2, 0.25) is 0 Å². The highest BCUT2D eigenvalue weighted by Crippen LogP contribution is 2.41. The van der Waals surface area contributed by atoms with Gasteiger partial charge < -0.3 is 13.7 Å². The third-order valence-electron chi connectivity index (χ3n) is 11.5. The average molecular weight is 823 g/mol. The Morgan fingerprint density at radius 3 is 1.22 bits per heavy atom. The SMILES string of the molecule is [2H]c1c([2H])c([2H])c2c(c1[2H])c1cc(-n3c4c([2H])c([2H])c([2H])c([2H])c4c4c([2H])c([2H])c([2H])c([2H])c43)c([2H])c([2H])c1n2-c1c([2H])c([2H])c2c(c1[2H])c1c([2H])c([2H])c([2H])c([2H])c1n2-c1cc(-c2ccccc2)cc(-c2cccc(-c3ccccc3)c2)c1. The standard InChI is InChI=1S/C60H39N3/c1-3-16-40(17-4-1)42-20-15-21-43(34-42)45-35-44(41-18-5-2-6-19-41)36-48(37-45)63-58-29-14-10-25-52(58)54-39-47(31-33-60(54)63)62-57-28-13-9-24-51(57)53-38-46(30-32-59(53)62)61-55-26-11-7-22-49(55)50-23-8-12-27-56(50)61/h1-39H/i7D,8D,9D,10D,11D,12D,13D,14D,22D,23D,24D,25D,26D,27D,28D,29D,30D,31D,32D,33D,39D. The molecule has 0 N–H and O–H groups in total. The van der Waals surface area contributed by atoms with Crippen LogP contribution in [0, 0.1) is 0 Å². The van der Waals surface area contributed by atoms with Gasteiger partial charge >= 0.3 is 0 Å². The number of aromatic nitrogens is 3. The van der Waals surface area contributed by atoms with Crippen molar-refractivity contribution in [1.82, 2.24) is 13.7 Å². The lowest BCUT2D eigenvalue weighted by Gasteiger charge is -2.15. The topological polar surface area (TPSA) is 14.8 Å². The Morgan fingerprint density at radius 1 is 0.254 bits per heavy atom. The van der Waals surface area contributed by atoms with Gasteiger partial charge in [-0.05, 0) is 118 Å². The Bertz CT molecular complexity index is 5070. The second-order valence-corrected chi connectivity index (χ2v) is 15.0. The zero-order valence-electron chi connectivity index (χ0n) is 53.7. The van der Waals surface area contributed by atoms with E-state index in [9.17, 15) is 12.3 Å². The lowest BCUT2D eigenvalue weighted by molar-refractivity contribution is 1.16. The van der Waals surface area contributed by atoms with Crippen LogP contribution in [-0.2, 0) is 0 Å². The summed E-state index contributed by atoms with van der Waals surface area (Å²) in [6.07, 6.45) is 0. The number of hydrogen-bond donors (Lipinski definition) is 0. The summed E-state index contributed by atoms with van der Waals surface area (Å²) < 4.78 is 198. The first-order chi connectivity index (χ1) is 40.0. The quantitative estimate of drug-likeness (QED) is 0.159. The number of hydrogen-bond acceptors (Lipinski definition) is 0. The van der Waals surface area contributed by atoms with Gasteiger partial charge in [-0.3, -0.25) is 0 Å². The molecule has 13 rings (SSSR count). The fourth-order valence-corrected chi connectivity index (χ4v) is 8.67. The second kappa shape index (κ2) is 14.1. The molecule has 0 bridgehead atoms. The zero-order valence-corrected chi connectivity index (χ0v) is 32.7. The molecule has 63 heavy (non-hydrogen) atoms. The van der Waals surface area contributed by atoms with Crippen LogP contribution in [-0.4, -0.2) is 13.7 Å². The fourth-order valence-electron chi connectivity index (χ4n) is 8.67. The summed E-state index contributed by atoms with van der Waals surface area (Å²) in [5.74, 6) is 0. The number of rotatable bonds is 6. The van der Waals surface area contributed by atoms with Crippen LogP contribution in [0.3, 0.4) is 0 Å². The first kappa shape index (κ1) is 20.4. The van der Waals surface area contributed by atoms with Gasteiger partial charge in [-0.1, -0.05) is 151 Å². The summed E-state index contributed by atoms with van der Waals surface area (Å²) in [6.45, 7) is 0. The van der Waals surface area contributed by atoms with Crippen molar-refractivity contribution in [3.8, 4) is 50.4 Å². The predicted molar refractivity (Wildman–Crippen MR) is 266 cm³/mol. The van der Waals surface area contributed by atoms with Gasteiger partial charge in [0.2, 0.25) is 0 Å². The molecule has 0 unspecified atom stereocenters. The van der Waals surface area contributed by atoms with Crippen molar-refractivity contribution >= 4 is 65.4 Å². The van der Waals surface area contributed by atoms with Crippen LogP contribution < -0.4 is 0 Å². The third kappa shape index (κ3) is 5.60. The Hall–Kier alpha value is -8.40. The highest BCUT2D eigenvalue weighted by atomic mass is 15.0. The minimum Gasteiger partial charge on any atom is -0.309 e. The predicted octanol–water partition coefficient (Wildman–Crippen LogP) is 16.0. The molecule has 0 aliphatic heterocycles. The second-order valence-electron chi connectivity index (χ2n) is 15.0. The van der Waals surface area contributed by atoms with E-state index in [1.165, 1.54) is 10.6 Å². The van der Waals surface area contributed by atoms with Gasteiger partial charge in [0.1, 0.15) is 0 Å². The number of nitrogens with zero attached hydrogens (tertiary/aromatic N) is 3. The first-order valence-electron chi connectivity index (χ1n) is 30.5. The number of para-hydroxylation sites is 4. The molecule has 0 atom stereocenters. The van der Waals surface area contributed by atoms with E-state index in [1.807, 2.05) is 91.0 Å². The molecule has 0 radical (unpaired) electrons. The summed E-state index contributed by atoms with van der Waals surface area (Å²) in [4.78, 5) is 0. The molecule has 3 nitrogen and oxygen atoms in total. The van der Waals surface area contributed by atoms with Gasteiger partial charge in [-0.25, -0.2) is 0 Å². The molecule has 10 aromatic carbocycles. The Balaban J connectivity index is 1.18. The van der Waals surface area contributed by atoms with Crippen molar-refractivity contribution in [2.24, 2.45) is 0 Å². The summed E-state index contributed by atoms with van der Waals surface area (Å²) >= 11 is 0. The Kier molecular flexibility index (Phi) is 4.57. The van der Waals surface area contributed by atoms with E-state index in [-0.39, 0.29) is 49.0 Å². The molecule has 0 saturated heterocycles. The molecular formula is C60H39N3. The highest BCUT2D eigenvalue weighted by Gasteiger charge is 2.19. The van der Waals surface area contributed by atoms with Gasteiger partial charge in [0.15, 0.2) is 0 Å². The molecule has 0 saturated carbocycles. The van der Waals surface area contributed by atoms with Crippen molar-refractivity contribution < 1.29 is 28.8 Å². The third-order valence-corrected chi connectivity index (χ3v) is 11.5. The van der Waals surface area contributed by atoms with E-state index >= 15 is 0 Å². The van der Waals surface area contributed by atoms with E-state index in [0.29, 0.717) is 11.1 Å². The highest BCUT2D eigenvalue weighted by molar-refractivity contribution is 6.14. The molecule has 0 fully saturated rings. The minimum absolute atomic E-state index is 0.158. The van der Waals surface area contributed by atoms with E-state index in [0.717, 1.165) is 31.4 Å². The smallest absolute Gasteiger partial charge is 0.0652 e. The summed E-state index contributed by atoms with van der Waals surface area (Å²) in [5, 5.41) is -1.71. The maximum absolute atomic E-state index is 10.3. The van der Waals surface area contributed by atoms with Gasteiger partial charge in [0.25, 0.3) is 0 Å². The maximum atomic E-state index is 10.3. The molecule has 13 aromatic rings. The maximum Gasteiger partial charge on any atom is 0.0652 e. The largest absolute Gasteiger partial charge is 0.309 e. The summed E-state index contributed by atoms with van der Waals surface area (Å²) in [6, 6.07) is 18.8. The van der Waals surface area contributed by atoms with Crippen LogP contribution in [0.4, 0.5) is 0 Å². The molecule has 3 heterocycles. The van der Waals surface area contributed by atoms with Crippen molar-refractivity contribution in [3.05, 3.63) is 236 Å². The van der Waals surface area contributed by atoms with Crippen molar-refractivity contribution in [1.29, 1.82) is 0 Å². The molecule has 0 aliphatic rings. The van der Waals surface area contributed by atoms with Gasteiger partial charge in [0, 0.05) is 49.4 Å². The van der Waals surface area contributed by atoms with Crippen LogP contribution in [0.5, 0.6) is 0 Å². The van der Waals surface area contributed by atoms with Crippen LogP contribution in [0.25, 0.3) is 116 Å². The lowest BCUT2D eigenvalue weighted by atomic mass is 9.95. The monoisotopic (exact) mass is 822 g/mol. The lowest BCUT2D eigenvalue weighted by Crippen LogP contribution is -1.97. The first-order valence-corrected chi connectivity index (χ1v) is 20.0. The molecule has 0 aliphatic carbocycles. The molecule has 0 amide bonds. The van der Waals surface area contributed by atoms with E-state index < -0.39 is 160 Å². The molecular weight excluding hydrogens is 763 g/mol. The van der Waals surface area contributed by atoms with Gasteiger partial charge in [-0.2, -0.15) is 0 Å². The molecule has 3 heteroatoms. The Morgan fingerprint density at radius 2 is 0.635 bits per heavy atom. The van der Waals surface area contributed by atoms with E-state index in [2.05, 4.69) is 0 Å². The molecule has 3 aromatic heterocycles. The van der Waals surface area contributed by atoms with Crippen LogP contribution >= 0.6 is 0 Å². The summed E-state index contributed by atoms with van der Waals surface area (Å²) in [7, 11) is 0. The number of fused-ring (bicyclic) bond motifs is 9. The number of benzene rings is 10. The van der Waals surface area contributed by atoms with Crippen molar-refractivity contribution in [2.75, 3.05) is 0 Å². The van der Waals surface area contributed by atoms with E-state index in [1.54, 1.807) is 12.1 Å². The molecule has 294 valence electrons. The zero-order chi connectivity index (χ0) is 59.7. The van der Waals surface area contributed by atoms with Crippen LogP contribution in [0.1, 0.15) is 28.8 Å². The normalized spacial score (nSPS) is 16.5.